The molecule has 0 spiro atoms. The number of rotatable bonds is 8. The Bertz CT molecular complexity index is 1220. The molecule has 3 aromatic carbocycles. The number of hydrogen-bond donors (Lipinski definition) is 2. The summed E-state index contributed by atoms with van der Waals surface area (Å²) < 4.78 is 45.5. The third-order valence-electron chi connectivity index (χ3n) is 4.25. The van der Waals surface area contributed by atoms with Crippen LogP contribution in [0.25, 0.3) is 0 Å². The Kier molecular flexibility index (Phi) is 7.45. The third kappa shape index (κ3) is 6.29. The average molecular weight is 477 g/mol. The molecule has 0 atom stereocenters. The van der Waals surface area contributed by atoms with Gasteiger partial charge in [0.25, 0.3) is 15.9 Å². The summed E-state index contributed by atoms with van der Waals surface area (Å²) in [5, 5.41) is 2.92. The fourth-order valence-corrected chi connectivity index (χ4v) is 3.84. The minimum atomic E-state index is -3.98. The second-order valence-electron chi connectivity index (χ2n) is 6.58. The van der Waals surface area contributed by atoms with Crippen molar-refractivity contribution in [1.29, 1.82) is 0 Å². The number of hydrogen-bond acceptors (Lipinski definition) is 5. The molecule has 0 aliphatic rings. The molecule has 0 fully saturated rings. The molecular weight excluding hydrogens is 459 g/mol. The van der Waals surface area contributed by atoms with Crippen LogP contribution >= 0.6 is 11.6 Å². The first-order valence-corrected chi connectivity index (χ1v) is 11.2. The number of sulfonamides is 1. The Labute approximate surface area is 189 Å². The van der Waals surface area contributed by atoms with E-state index in [0.29, 0.717) is 10.6 Å². The zero-order chi connectivity index (χ0) is 23.1. The van der Waals surface area contributed by atoms with Gasteiger partial charge in [0.1, 0.15) is 5.82 Å². The van der Waals surface area contributed by atoms with E-state index in [9.17, 15) is 22.4 Å². The summed E-state index contributed by atoms with van der Waals surface area (Å²) in [4.78, 5) is 24.4. The molecule has 166 valence electrons. The van der Waals surface area contributed by atoms with Crippen LogP contribution < -0.4 is 10.0 Å². The number of ether oxygens (including phenoxy) is 1. The molecule has 32 heavy (non-hydrogen) atoms. The molecule has 3 rings (SSSR count). The van der Waals surface area contributed by atoms with E-state index in [4.69, 9.17) is 16.3 Å². The quantitative estimate of drug-likeness (QED) is 0.482. The van der Waals surface area contributed by atoms with E-state index >= 15 is 0 Å². The number of benzene rings is 3. The van der Waals surface area contributed by atoms with Gasteiger partial charge in [-0.3, -0.25) is 9.52 Å². The molecule has 2 N–H and O–H groups in total. The van der Waals surface area contributed by atoms with Gasteiger partial charge in [-0.25, -0.2) is 17.6 Å². The first-order valence-electron chi connectivity index (χ1n) is 9.30. The first kappa shape index (κ1) is 23.2. The summed E-state index contributed by atoms with van der Waals surface area (Å²) in [6.45, 7) is -0.438. The van der Waals surface area contributed by atoms with E-state index in [2.05, 4.69) is 10.0 Å². The standard InChI is InChI=1S/C22H18ClFN2O5S/c23-16-7-11-18(12-8-16)32(29,30)26-20-4-2-1-3-19(20)22(28)31-14-21(27)25-13-15-5-9-17(24)10-6-15/h1-12,26H,13-14H2,(H,25,27). The first-order chi connectivity index (χ1) is 15.2. The van der Waals surface area contributed by atoms with Crippen molar-refractivity contribution in [1.82, 2.24) is 5.32 Å². The highest BCUT2D eigenvalue weighted by Crippen LogP contribution is 2.22. The lowest BCUT2D eigenvalue weighted by Crippen LogP contribution is -2.28. The zero-order valence-corrected chi connectivity index (χ0v) is 18.1. The van der Waals surface area contributed by atoms with Gasteiger partial charge < -0.3 is 10.1 Å². The van der Waals surface area contributed by atoms with E-state index in [0.717, 1.165) is 0 Å². The molecule has 10 heteroatoms. The van der Waals surface area contributed by atoms with Crippen molar-refractivity contribution in [2.24, 2.45) is 0 Å². The van der Waals surface area contributed by atoms with Crippen LogP contribution in [0.5, 0.6) is 0 Å². The second kappa shape index (κ2) is 10.3. The van der Waals surface area contributed by atoms with E-state index in [1.54, 1.807) is 6.07 Å². The number of anilines is 1. The van der Waals surface area contributed by atoms with Gasteiger partial charge in [-0.1, -0.05) is 35.9 Å². The fourth-order valence-electron chi connectivity index (χ4n) is 2.63. The van der Waals surface area contributed by atoms with Crippen LogP contribution in [0, 0.1) is 5.82 Å². The van der Waals surface area contributed by atoms with Gasteiger partial charge in [-0.15, -0.1) is 0 Å². The van der Waals surface area contributed by atoms with Crippen LogP contribution in [0.4, 0.5) is 10.1 Å². The normalized spacial score (nSPS) is 10.9. The Morgan fingerprint density at radius 3 is 2.28 bits per heavy atom. The summed E-state index contributed by atoms with van der Waals surface area (Å²) in [6.07, 6.45) is 0. The number of carbonyl (C=O) groups is 2. The van der Waals surface area contributed by atoms with Gasteiger partial charge >= 0.3 is 5.97 Å². The highest BCUT2D eigenvalue weighted by atomic mass is 35.5. The van der Waals surface area contributed by atoms with E-state index in [1.165, 1.54) is 66.7 Å². The molecule has 0 radical (unpaired) electrons. The number of amides is 1. The zero-order valence-electron chi connectivity index (χ0n) is 16.5. The minimum absolute atomic E-state index is 0.000768. The maximum absolute atomic E-state index is 12.9. The number of halogens is 2. The lowest BCUT2D eigenvalue weighted by Gasteiger charge is -2.12. The molecule has 3 aromatic rings. The molecule has 0 unspecified atom stereocenters. The number of para-hydroxylation sites is 1. The van der Waals surface area contributed by atoms with Crippen molar-refractivity contribution in [2.45, 2.75) is 11.4 Å². The van der Waals surface area contributed by atoms with Crippen molar-refractivity contribution >= 4 is 39.2 Å². The van der Waals surface area contributed by atoms with Crippen LogP contribution in [-0.4, -0.2) is 26.9 Å². The summed E-state index contributed by atoms with van der Waals surface area (Å²) in [5.74, 6) is -1.84. The molecule has 0 aliphatic carbocycles. The van der Waals surface area contributed by atoms with Gasteiger partial charge in [0.15, 0.2) is 6.61 Å². The smallest absolute Gasteiger partial charge is 0.340 e. The van der Waals surface area contributed by atoms with Gasteiger partial charge in [-0.2, -0.15) is 0 Å². The van der Waals surface area contributed by atoms with E-state index < -0.39 is 28.5 Å². The molecule has 0 aromatic heterocycles. The lowest BCUT2D eigenvalue weighted by atomic mass is 10.2. The highest BCUT2D eigenvalue weighted by Gasteiger charge is 2.20. The van der Waals surface area contributed by atoms with Gasteiger partial charge in [0.05, 0.1) is 16.1 Å². The van der Waals surface area contributed by atoms with Crippen molar-refractivity contribution in [2.75, 3.05) is 11.3 Å². The second-order valence-corrected chi connectivity index (χ2v) is 8.70. The predicted octanol–water partition coefficient (Wildman–Crippen LogP) is 3.75. The fraction of sp³-hybridized carbons (Fsp3) is 0.0909. The Morgan fingerprint density at radius 2 is 1.59 bits per heavy atom. The van der Waals surface area contributed by atoms with Crippen LogP contribution in [0.2, 0.25) is 5.02 Å². The Hall–Kier alpha value is -3.43. The van der Waals surface area contributed by atoms with Gasteiger partial charge in [0.2, 0.25) is 0 Å². The van der Waals surface area contributed by atoms with Crippen LogP contribution in [0.15, 0.2) is 77.7 Å². The predicted molar refractivity (Wildman–Crippen MR) is 117 cm³/mol. The van der Waals surface area contributed by atoms with E-state index in [-0.39, 0.29) is 28.5 Å². The van der Waals surface area contributed by atoms with E-state index in [1.807, 2.05) is 0 Å². The molecule has 1 amide bonds. The van der Waals surface area contributed by atoms with Crippen molar-refractivity contribution in [3.05, 3.63) is 94.8 Å². The maximum Gasteiger partial charge on any atom is 0.340 e. The number of nitrogens with one attached hydrogen (secondary N) is 2. The van der Waals surface area contributed by atoms with Gasteiger partial charge in [-0.05, 0) is 54.1 Å². The summed E-state index contributed by atoms with van der Waals surface area (Å²) in [5.41, 5.74) is 0.614. The van der Waals surface area contributed by atoms with Crippen LogP contribution in [-0.2, 0) is 26.1 Å². The molecule has 0 heterocycles. The summed E-state index contributed by atoms with van der Waals surface area (Å²) in [7, 11) is -3.98. The SMILES string of the molecule is O=C(COC(=O)c1ccccc1NS(=O)(=O)c1ccc(Cl)cc1)NCc1ccc(F)cc1. The molecule has 7 nitrogen and oxygen atoms in total. The van der Waals surface area contributed by atoms with Crippen molar-refractivity contribution < 1.29 is 27.1 Å². The minimum Gasteiger partial charge on any atom is -0.452 e. The lowest BCUT2D eigenvalue weighted by molar-refractivity contribution is -0.124. The molecule has 0 bridgehead atoms. The molecule has 0 saturated heterocycles. The van der Waals surface area contributed by atoms with Crippen LogP contribution in [0.3, 0.4) is 0 Å². The van der Waals surface area contributed by atoms with Crippen LogP contribution in [0.1, 0.15) is 15.9 Å². The maximum atomic E-state index is 12.9. The van der Waals surface area contributed by atoms with Crippen molar-refractivity contribution in [3.63, 3.8) is 0 Å². The Morgan fingerprint density at radius 1 is 0.938 bits per heavy atom. The summed E-state index contributed by atoms with van der Waals surface area (Å²) in [6, 6.07) is 17.0. The average Bonchev–Trinajstić information content (AvgIpc) is 2.77. The topological polar surface area (TPSA) is 102 Å². The molecular formula is C22H18ClFN2O5S. The van der Waals surface area contributed by atoms with Crippen molar-refractivity contribution in [3.8, 4) is 0 Å². The molecule has 0 aliphatic heterocycles. The molecule has 0 saturated carbocycles. The largest absolute Gasteiger partial charge is 0.452 e. The van der Waals surface area contributed by atoms with Gasteiger partial charge in [0, 0.05) is 11.6 Å². The number of esters is 1. The number of carbonyl (C=O) groups excluding carboxylic acids is 2. The third-order valence-corrected chi connectivity index (χ3v) is 5.89. The Balaban J connectivity index is 1.61. The summed E-state index contributed by atoms with van der Waals surface area (Å²) >= 11 is 5.79. The monoisotopic (exact) mass is 476 g/mol. The highest BCUT2D eigenvalue weighted by molar-refractivity contribution is 7.92.